The van der Waals surface area contributed by atoms with Crippen LogP contribution in [0.2, 0.25) is 0 Å². The van der Waals surface area contributed by atoms with Gasteiger partial charge in [-0.1, -0.05) is 24.3 Å². The van der Waals surface area contributed by atoms with E-state index in [4.69, 9.17) is 21.3 Å². The van der Waals surface area contributed by atoms with Gasteiger partial charge in [0.15, 0.2) is 0 Å². The quantitative estimate of drug-likeness (QED) is 0.449. The summed E-state index contributed by atoms with van der Waals surface area (Å²) in [5.74, 6) is -0.541. The Morgan fingerprint density at radius 2 is 1.89 bits per heavy atom. The molecule has 1 heterocycles. The molecular formula is C19H26ClLiN2O4. The molecule has 8 heteroatoms. The molecule has 0 radical (unpaired) electrons. The molecule has 1 amide bonds. The molecule has 0 aliphatic carbocycles. The van der Waals surface area contributed by atoms with Crippen molar-refractivity contribution in [2.75, 3.05) is 13.2 Å². The molecule has 0 unspecified atom stereocenters. The fraction of sp³-hybridized carbons (Fsp3) is 0.579. The van der Waals surface area contributed by atoms with Crippen LogP contribution in [0.1, 0.15) is 52.1 Å². The van der Waals surface area contributed by atoms with E-state index in [0.717, 1.165) is 18.4 Å². The Kier molecular flexibility index (Phi) is 9.17. The van der Waals surface area contributed by atoms with Crippen LogP contribution in [0.3, 0.4) is 0 Å². The molecule has 0 bridgehead atoms. The SMILES string of the molecule is CCOC(=O)[C@@H]1CCCN(Cl)[C@@H]1c1ccc([N-]C(=O)OC(C)(C)C)cc1.[Li+]. The first kappa shape index (κ1) is 23.8. The first-order chi connectivity index (χ1) is 12.2. The third kappa shape index (κ3) is 7.04. The van der Waals surface area contributed by atoms with Crippen molar-refractivity contribution in [1.29, 1.82) is 0 Å². The molecule has 1 aliphatic heterocycles. The number of rotatable bonds is 4. The number of piperidine rings is 1. The minimum Gasteiger partial charge on any atom is -0.591 e. The number of ether oxygens (including phenoxy) is 2. The zero-order chi connectivity index (χ0) is 19.3. The maximum atomic E-state index is 12.3. The summed E-state index contributed by atoms with van der Waals surface area (Å²) >= 11 is 6.38. The summed E-state index contributed by atoms with van der Waals surface area (Å²) in [6.07, 6.45) is 0.943. The van der Waals surface area contributed by atoms with Gasteiger partial charge in [-0.15, -0.1) is 5.69 Å². The smallest absolute Gasteiger partial charge is 0.591 e. The molecule has 6 nitrogen and oxygen atoms in total. The van der Waals surface area contributed by atoms with Crippen molar-refractivity contribution in [1.82, 2.24) is 4.42 Å². The van der Waals surface area contributed by atoms with Gasteiger partial charge in [0.05, 0.1) is 18.6 Å². The average Bonchev–Trinajstić information content (AvgIpc) is 2.54. The molecule has 2 rings (SSSR count). The number of halogens is 1. The second-order valence-electron chi connectivity index (χ2n) is 7.25. The monoisotopic (exact) mass is 388 g/mol. The van der Waals surface area contributed by atoms with E-state index in [2.05, 4.69) is 5.32 Å². The maximum absolute atomic E-state index is 12.3. The van der Waals surface area contributed by atoms with E-state index in [-0.39, 0.29) is 36.8 Å². The first-order valence-corrected chi connectivity index (χ1v) is 9.19. The molecule has 0 saturated carbocycles. The van der Waals surface area contributed by atoms with Gasteiger partial charge >= 0.3 is 24.8 Å². The van der Waals surface area contributed by atoms with E-state index >= 15 is 0 Å². The van der Waals surface area contributed by atoms with Gasteiger partial charge in [0.1, 0.15) is 5.60 Å². The van der Waals surface area contributed by atoms with Crippen LogP contribution in [0.4, 0.5) is 10.5 Å². The number of carbonyl (C=O) groups excluding carboxylic acids is 2. The van der Waals surface area contributed by atoms with Gasteiger partial charge in [-0.05, 0) is 57.9 Å². The van der Waals surface area contributed by atoms with Crippen LogP contribution in [0, 0.1) is 5.92 Å². The van der Waals surface area contributed by atoms with Crippen LogP contribution in [0.5, 0.6) is 0 Å². The third-order valence-electron chi connectivity index (χ3n) is 4.01. The molecule has 0 N–H and O–H groups in total. The molecule has 1 aromatic rings. The van der Waals surface area contributed by atoms with E-state index in [1.807, 2.05) is 12.1 Å². The maximum Gasteiger partial charge on any atom is 1.00 e. The predicted molar refractivity (Wildman–Crippen MR) is 100 cm³/mol. The Morgan fingerprint density at radius 3 is 2.44 bits per heavy atom. The van der Waals surface area contributed by atoms with Crippen LogP contribution >= 0.6 is 11.8 Å². The fourth-order valence-electron chi connectivity index (χ4n) is 2.98. The Hall–Kier alpha value is -1.19. The third-order valence-corrected chi connectivity index (χ3v) is 4.39. The van der Waals surface area contributed by atoms with Crippen molar-refractivity contribution in [3.05, 3.63) is 35.1 Å². The first-order valence-electron chi connectivity index (χ1n) is 8.85. The van der Waals surface area contributed by atoms with Gasteiger partial charge < -0.3 is 14.8 Å². The Morgan fingerprint density at radius 1 is 1.26 bits per heavy atom. The molecule has 2 atom stereocenters. The standard InChI is InChI=1S/C19H27ClN2O4.Li/c1-5-25-17(23)15-7-6-12-22(20)16(15)13-8-10-14(11-9-13)21-18(24)26-19(2,3)4;/h8-11,15-16H,5-7,12H2,1-4H3,(H,21,24);/q;+1/p-1/t15-,16-;/m1./s1. The summed E-state index contributed by atoms with van der Waals surface area (Å²) in [7, 11) is 0. The van der Waals surface area contributed by atoms with Gasteiger partial charge in [0, 0.05) is 6.54 Å². The average molecular weight is 389 g/mol. The largest absolute Gasteiger partial charge is 1.00 e. The fourth-order valence-corrected chi connectivity index (χ4v) is 3.35. The number of nitrogens with zero attached hydrogens (tertiary/aromatic N) is 2. The minimum absolute atomic E-state index is 0. The molecule has 1 fully saturated rings. The molecule has 1 saturated heterocycles. The van der Waals surface area contributed by atoms with E-state index in [1.54, 1.807) is 44.2 Å². The van der Waals surface area contributed by atoms with Crippen LogP contribution in [-0.4, -0.2) is 35.2 Å². The van der Waals surface area contributed by atoms with Crippen molar-refractivity contribution in [3.63, 3.8) is 0 Å². The Labute approximate surface area is 178 Å². The second kappa shape index (κ2) is 10.4. The van der Waals surface area contributed by atoms with Crippen LogP contribution < -0.4 is 18.9 Å². The minimum atomic E-state index is -0.633. The van der Waals surface area contributed by atoms with Gasteiger partial charge in [-0.3, -0.25) is 9.59 Å². The molecule has 1 aliphatic rings. The summed E-state index contributed by atoms with van der Waals surface area (Å²) in [6, 6.07) is 6.85. The van der Waals surface area contributed by atoms with Crippen LogP contribution in [-0.2, 0) is 14.3 Å². The number of hydrogen-bond acceptors (Lipinski definition) is 5. The molecule has 27 heavy (non-hydrogen) atoms. The summed E-state index contributed by atoms with van der Waals surface area (Å²) in [5.41, 5.74) is 0.794. The van der Waals surface area contributed by atoms with E-state index in [1.165, 1.54) is 0 Å². The topological polar surface area (TPSA) is 69.9 Å². The van der Waals surface area contributed by atoms with Crippen molar-refractivity contribution < 1.29 is 37.9 Å². The summed E-state index contributed by atoms with van der Waals surface area (Å²) in [4.78, 5) is 24.1. The van der Waals surface area contributed by atoms with E-state index < -0.39 is 11.7 Å². The Bertz CT molecular complexity index is 634. The van der Waals surface area contributed by atoms with E-state index in [9.17, 15) is 9.59 Å². The second-order valence-corrected chi connectivity index (χ2v) is 7.69. The molecule has 0 aromatic heterocycles. The van der Waals surface area contributed by atoms with Crippen molar-refractivity contribution in [2.45, 2.75) is 52.2 Å². The van der Waals surface area contributed by atoms with Gasteiger partial charge in [0.2, 0.25) is 6.09 Å². The normalized spacial score (nSPS) is 20.3. The van der Waals surface area contributed by atoms with Crippen molar-refractivity contribution in [2.24, 2.45) is 5.92 Å². The van der Waals surface area contributed by atoms with Crippen LogP contribution in [0.25, 0.3) is 5.32 Å². The zero-order valence-electron chi connectivity index (χ0n) is 16.7. The van der Waals surface area contributed by atoms with Gasteiger partial charge in [-0.25, -0.2) is 4.42 Å². The zero-order valence-corrected chi connectivity index (χ0v) is 17.5. The summed E-state index contributed by atoms with van der Waals surface area (Å²) < 4.78 is 12.0. The predicted octanol–water partition coefficient (Wildman–Crippen LogP) is 2.10. The van der Waals surface area contributed by atoms with Gasteiger partial charge in [-0.2, -0.15) is 0 Å². The Balaban J connectivity index is 0.00000364. The van der Waals surface area contributed by atoms with Crippen LogP contribution in [0.15, 0.2) is 24.3 Å². The molecular weight excluding hydrogens is 363 g/mol. The number of hydrogen-bond donors (Lipinski definition) is 0. The van der Waals surface area contributed by atoms with Crippen molar-refractivity contribution in [3.8, 4) is 0 Å². The molecule has 1 aromatic carbocycles. The number of amides is 1. The van der Waals surface area contributed by atoms with E-state index in [0.29, 0.717) is 18.8 Å². The number of carbonyl (C=O) groups is 2. The van der Waals surface area contributed by atoms with Crippen molar-refractivity contribution >= 4 is 29.5 Å². The number of esters is 1. The summed E-state index contributed by atoms with van der Waals surface area (Å²) in [6.45, 7) is 8.21. The molecule has 144 valence electrons. The molecule has 0 spiro atoms. The summed E-state index contributed by atoms with van der Waals surface area (Å²) in [5, 5.41) is 3.93. The number of benzene rings is 1. The van der Waals surface area contributed by atoms with Gasteiger partial charge in [0.25, 0.3) is 0 Å².